The fourth-order valence-corrected chi connectivity index (χ4v) is 3.20. The van der Waals surface area contributed by atoms with E-state index in [0.29, 0.717) is 5.02 Å². The molecule has 4 rings (SSSR count). The van der Waals surface area contributed by atoms with E-state index in [1.165, 1.54) is 5.56 Å². The molecule has 4 aromatic rings. The molecule has 0 aliphatic rings. The maximum atomic E-state index is 6.04. The van der Waals surface area contributed by atoms with E-state index >= 15 is 0 Å². The predicted octanol–water partition coefficient (Wildman–Crippen LogP) is 5.72. The number of hydrogen-bond donors (Lipinski definition) is 1. The van der Waals surface area contributed by atoms with Gasteiger partial charge in [-0.15, -0.1) is 0 Å². The largest absolute Gasteiger partial charge is 0.340 e. The van der Waals surface area contributed by atoms with Crippen LogP contribution in [0.1, 0.15) is 17.0 Å². The van der Waals surface area contributed by atoms with Gasteiger partial charge in [-0.1, -0.05) is 41.4 Å². The highest BCUT2D eigenvalue weighted by molar-refractivity contribution is 6.30. The Labute approximate surface area is 157 Å². The molecular formula is C21H19ClN4. The second-order valence-corrected chi connectivity index (χ2v) is 6.91. The number of nitrogens with zero attached hydrogens (tertiary/aromatic N) is 3. The van der Waals surface area contributed by atoms with Gasteiger partial charge < -0.3 is 5.32 Å². The van der Waals surface area contributed by atoms with Crippen molar-refractivity contribution in [1.82, 2.24) is 14.6 Å². The van der Waals surface area contributed by atoms with Crippen LogP contribution in [0.4, 0.5) is 11.5 Å². The number of aromatic nitrogens is 3. The minimum atomic E-state index is 0.716. The van der Waals surface area contributed by atoms with Crippen LogP contribution in [0.3, 0.4) is 0 Å². The van der Waals surface area contributed by atoms with E-state index in [1.54, 1.807) is 0 Å². The summed E-state index contributed by atoms with van der Waals surface area (Å²) < 4.78 is 1.87. The molecular weight excluding hydrogens is 344 g/mol. The van der Waals surface area contributed by atoms with Gasteiger partial charge in [0.15, 0.2) is 5.65 Å². The Morgan fingerprint density at radius 1 is 0.923 bits per heavy atom. The Bertz CT molecular complexity index is 1080. The van der Waals surface area contributed by atoms with Crippen LogP contribution < -0.4 is 5.32 Å². The number of anilines is 2. The van der Waals surface area contributed by atoms with Crippen LogP contribution in [0.15, 0.2) is 54.6 Å². The average molecular weight is 363 g/mol. The molecule has 130 valence electrons. The van der Waals surface area contributed by atoms with Crippen LogP contribution >= 0.6 is 11.6 Å². The number of halogens is 1. The smallest absolute Gasteiger partial charge is 0.165 e. The van der Waals surface area contributed by atoms with Gasteiger partial charge in [-0.2, -0.15) is 9.61 Å². The first-order chi connectivity index (χ1) is 12.5. The minimum Gasteiger partial charge on any atom is -0.340 e. The van der Waals surface area contributed by atoms with Crippen molar-refractivity contribution in [2.45, 2.75) is 20.8 Å². The maximum Gasteiger partial charge on any atom is 0.165 e. The van der Waals surface area contributed by atoms with Crippen molar-refractivity contribution in [3.05, 3.63) is 76.6 Å². The van der Waals surface area contributed by atoms with E-state index in [2.05, 4.69) is 36.5 Å². The number of benzene rings is 2. The Balaban J connectivity index is 1.86. The molecule has 0 saturated heterocycles. The molecule has 2 aromatic heterocycles. The Morgan fingerprint density at radius 3 is 2.31 bits per heavy atom. The topological polar surface area (TPSA) is 42.2 Å². The van der Waals surface area contributed by atoms with E-state index in [-0.39, 0.29) is 0 Å². The van der Waals surface area contributed by atoms with Crippen LogP contribution in [0.25, 0.3) is 16.8 Å². The monoisotopic (exact) mass is 362 g/mol. The summed E-state index contributed by atoms with van der Waals surface area (Å²) in [5.74, 6) is 0.889. The third kappa shape index (κ3) is 3.04. The quantitative estimate of drug-likeness (QED) is 0.507. The highest BCUT2D eigenvalue weighted by Crippen LogP contribution is 2.30. The van der Waals surface area contributed by atoms with Crippen molar-refractivity contribution in [1.29, 1.82) is 0 Å². The number of hydrogen-bond acceptors (Lipinski definition) is 3. The van der Waals surface area contributed by atoms with E-state index in [0.717, 1.165) is 39.7 Å². The molecule has 0 fully saturated rings. The van der Waals surface area contributed by atoms with Crippen LogP contribution in [0.2, 0.25) is 5.02 Å². The zero-order valence-electron chi connectivity index (χ0n) is 14.9. The molecule has 0 aliphatic heterocycles. The lowest BCUT2D eigenvalue weighted by molar-refractivity contribution is 0.917. The zero-order valence-corrected chi connectivity index (χ0v) is 15.7. The van der Waals surface area contributed by atoms with Crippen molar-refractivity contribution in [3.8, 4) is 11.1 Å². The lowest BCUT2D eigenvalue weighted by Gasteiger charge is -2.10. The number of fused-ring (bicyclic) bond motifs is 1. The van der Waals surface area contributed by atoms with Gasteiger partial charge in [0.05, 0.1) is 5.69 Å². The fourth-order valence-electron chi connectivity index (χ4n) is 3.07. The summed E-state index contributed by atoms with van der Waals surface area (Å²) in [4.78, 5) is 4.74. The first kappa shape index (κ1) is 16.6. The van der Waals surface area contributed by atoms with Gasteiger partial charge >= 0.3 is 0 Å². The molecule has 2 heterocycles. The van der Waals surface area contributed by atoms with E-state index in [4.69, 9.17) is 21.7 Å². The summed E-state index contributed by atoms with van der Waals surface area (Å²) in [7, 11) is 0. The van der Waals surface area contributed by atoms with Crippen molar-refractivity contribution in [3.63, 3.8) is 0 Å². The van der Waals surface area contributed by atoms with Crippen molar-refractivity contribution < 1.29 is 0 Å². The maximum absolute atomic E-state index is 6.04. The standard InChI is InChI=1S/C21H19ClN4/c1-13-4-10-18(11-5-13)24-19-12-14(2)23-21-20(15(3)25-26(19)21)16-6-8-17(22)9-7-16/h4-12,24H,1-3H3. The SMILES string of the molecule is Cc1ccc(Nc2cc(C)nc3c(-c4ccc(Cl)cc4)c(C)nn23)cc1. The van der Waals surface area contributed by atoms with Crippen LogP contribution in [0.5, 0.6) is 0 Å². The summed E-state index contributed by atoms with van der Waals surface area (Å²) in [5, 5.41) is 8.90. The summed E-state index contributed by atoms with van der Waals surface area (Å²) in [6.45, 7) is 6.08. The third-order valence-electron chi connectivity index (χ3n) is 4.35. The normalized spacial score (nSPS) is 11.1. The van der Waals surface area contributed by atoms with Crippen molar-refractivity contribution in [2.24, 2.45) is 0 Å². The second kappa shape index (κ2) is 6.46. The van der Waals surface area contributed by atoms with Crippen LogP contribution in [-0.4, -0.2) is 14.6 Å². The van der Waals surface area contributed by atoms with Crippen molar-refractivity contribution in [2.75, 3.05) is 5.32 Å². The van der Waals surface area contributed by atoms with E-state index < -0.39 is 0 Å². The zero-order chi connectivity index (χ0) is 18.3. The third-order valence-corrected chi connectivity index (χ3v) is 4.60. The lowest BCUT2D eigenvalue weighted by Crippen LogP contribution is -2.02. The number of aryl methyl sites for hydroxylation is 3. The molecule has 2 aromatic carbocycles. The first-order valence-electron chi connectivity index (χ1n) is 8.48. The van der Waals surface area contributed by atoms with E-state index in [1.807, 2.05) is 48.7 Å². The van der Waals surface area contributed by atoms with Crippen molar-refractivity contribution >= 4 is 28.8 Å². The molecule has 5 heteroatoms. The highest BCUT2D eigenvalue weighted by Gasteiger charge is 2.16. The molecule has 0 atom stereocenters. The molecule has 26 heavy (non-hydrogen) atoms. The summed E-state index contributed by atoms with van der Waals surface area (Å²) in [5.41, 5.74) is 7.02. The van der Waals surface area contributed by atoms with Crippen LogP contribution in [0, 0.1) is 20.8 Å². The van der Waals surface area contributed by atoms with Gasteiger partial charge in [0.2, 0.25) is 0 Å². The molecule has 0 radical (unpaired) electrons. The molecule has 0 bridgehead atoms. The molecule has 4 nitrogen and oxygen atoms in total. The molecule has 0 unspecified atom stereocenters. The summed E-state index contributed by atoms with van der Waals surface area (Å²) >= 11 is 6.04. The second-order valence-electron chi connectivity index (χ2n) is 6.48. The van der Waals surface area contributed by atoms with Gasteiger partial charge in [-0.25, -0.2) is 4.98 Å². The molecule has 0 spiro atoms. The number of nitrogens with one attached hydrogen (secondary N) is 1. The van der Waals surface area contributed by atoms with Gasteiger partial charge in [0, 0.05) is 28.0 Å². The van der Waals surface area contributed by atoms with Gasteiger partial charge in [-0.3, -0.25) is 0 Å². The van der Waals surface area contributed by atoms with Crippen LogP contribution in [-0.2, 0) is 0 Å². The molecule has 1 N–H and O–H groups in total. The Hall–Kier alpha value is -2.85. The van der Waals surface area contributed by atoms with Gasteiger partial charge in [-0.05, 0) is 50.6 Å². The first-order valence-corrected chi connectivity index (χ1v) is 8.86. The fraction of sp³-hybridized carbons (Fsp3) is 0.143. The summed E-state index contributed by atoms with van der Waals surface area (Å²) in [6.07, 6.45) is 0. The summed E-state index contributed by atoms with van der Waals surface area (Å²) in [6, 6.07) is 18.1. The molecule has 0 aliphatic carbocycles. The Morgan fingerprint density at radius 2 is 1.62 bits per heavy atom. The lowest BCUT2D eigenvalue weighted by atomic mass is 10.1. The van der Waals surface area contributed by atoms with Gasteiger partial charge in [0.25, 0.3) is 0 Å². The predicted molar refractivity (Wildman–Crippen MR) is 107 cm³/mol. The average Bonchev–Trinajstić information content (AvgIpc) is 2.94. The minimum absolute atomic E-state index is 0.716. The Kier molecular flexibility index (Phi) is 4.13. The number of rotatable bonds is 3. The molecule has 0 amide bonds. The highest BCUT2D eigenvalue weighted by atomic mass is 35.5. The van der Waals surface area contributed by atoms with E-state index in [9.17, 15) is 0 Å². The molecule has 0 saturated carbocycles. The van der Waals surface area contributed by atoms with Gasteiger partial charge in [0.1, 0.15) is 5.82 Å².